The summed E-state index contributed by atoms with van der Waals surface area (Å²) in [6, 6.07) is 0. The third-order valence-electron chi connectivity index (χ3n) is 1.64. The van der Waals surface area contributed by atoms with Crippen LogP contribution < -0.4 is 5.32 Å². The summed E-state index contributed by atoms with van der Waals surface area (Å²) in [5, 5.41) is 4.22. The third-order valence-corrected chi connectivity index (χ3v) is 3.55. The minimum absolute atomic E-state index is 0.331. The Kier molecular flexibility index (Phi) is 3.89. The summed E-state index contributed by atoms with van der Waals surface area (Å²) in [6.45, 7) is 3.30. The van der Waals surface area contributed by atoms with Gasteiger partial charge < -0.3 is 5.32 Å². The van der Waals surface area contributed by atoms with Gasteiger partial charge in [0, 0.05) is 12.3 Å². The van der Waals surface area contributed by atoms with Crippen molar-refractivity contribution in [3.63, 3.8) is 0 Å². The number of alkyl halides is 1. The van der Waals surface area contributed by atoms with Gasteiger partial charge in [-0.2, -0.15) is 0 Å². The SMILES string of the molecule is CCCC(Cl)C1NCCS1. The van der Waals surface area contributed by atoms with Crippen LogP contribution in [0.1, 0.15) is 19.8 Å². The molecule has 1 aliphatic heterocycles. The van der Waals surface area contributed by atoms with Gasteiger partial charge in [0.05, 0.1) is 10.8 Å². The lowest BCUT2D eigenvalue weighted by molar-refractivity contribution is 0.626. The molecule has 1 rings (SSSR count). The normalized spacial score (nSPS) is 28.8. The van der Waals surface area contributed by atoms with E-state index in [1.54, 1.807) is 0 Å². The molecule has 0 spiro atoms. The number of halogens is 1. The Hall–Kier alpha value is 0.600. The molecule has 1 saturated heterocycles. The van der Waals surface area contributed by atoms with Crippen molar-refractivity contribution >= 4 is 23.4 Å². The van der Waals surface area contributed by atoms with E-state index in [1.165, 1.54) is 12.2 Å². The summed E-state index contributed by atoms with van der Waals surface area (Å²) in [5.74, 6) is 1.22. The maximum Gasteiger partial charge on any atom is 0.0698 e. The Morgan fingerprint density at radius 3 is 3.10 bits per heavy atom. The van der Waals surface area contributed by atoms with Gasteiger partial charge in [0.1, 0.15) is 0 Å². The molecule has 1 aliphatic rings. The van der Waals surface area contributed by atoms with E-state index in [4.69, 9.17) is 11.6 Å². The lowest BCUT2D eigenvalue weighted by atomic mass is 10.2. The Bertz CT molecular complexity index is 93.6. The van der Waals surface area contributed by atoms with E-state index in [0.29, 0.717) is 10.8 Å². The van der Waals surface area contributed by atoms with Gasteiger partial charge in [0.2, 0.25) is 0 Å². The zero-order chi connectivity index (χ0) is 7.40. The molecule has 0 aromatic carbocycles. The molecule has 2 atom stereocenters. The van der Waals surface area contributed by atoms with Gasteiger partial charge in [0.15, 0.2) is 0 Å². The smallest absolute Gasteiger partial charge is 0.0698 e. The van der Waals surface area contributed by atoms with Crippen LogP contribution in [0, 0.1) is 0 Å². The fourth-order valence-corrected chi connectivity index (χ4v) is 2.70. The standard InChI is InChI=1S/C7H14ClNS/c1-2-3-6(8)7-9-4-5-10-7/h6-7,9H,2-5H2,1H3. The van der Waals surface area contributed by atoms with Gasteiger partial charge in [-0.05, 0) is 6.42 Å². The number of rotatable bonds is 3. The van der Waals surface area contributed by atoms with Crippen molar-refractivity contribution in [2.24, 2.45) is 0 Å². The van der Waals surface area contributed by atoms with Gasteiger partial charge >= 0.3 is 0 Å². The first-order valence-electron chi connectivity index (χ1n) is 3.83. The molecule has 0 aromatic heterocycles. The number of thioether (sulfide) groups is 1. The van der Waals surface area contributed by atoms with E-state index in [2.05, 4.69) is 12.2 Å². The highest BCUT2D eigenvalue weighted by Crippen LogP contribution is 2.23. The summed E-state index contributed by atoms with van der Waals surface area (Å²) in [4.78, 5) is 0. The quantitative estimate of drug-likeness (QED) is 0.666. The highest BCUT2D eigenvalue weighted by molar-refractivity contribution is 8.00. The van der Waals surface area contributed by atoms with Crippen molar-refractivity contribution in [2.45, 2.75) is 30.5 Å². The van der Waals surface area contributed by atoms with Gasteiger partial charge in [-0.15, -0.1) is 23.4 Å². The first kappa shape index (κ1) is 8.69. The predicted molar refractivity (Wildman–Crippen MR) is 48.8 cm³/mol. The summed E-state index contributed by atoms with van der Waals surface area (Å²) in [7, 11) is 0. The molecular weight excluding hydrogens is 166 g/mol. The van der Waals surface area contributed by atoms with Gasteiger partial charge in [-0.1, -0.05) is 13.3 Å². The topological polar surface area (TPSA) is 12.0 Å². The van der Waals surface area contributed by atoms with Crippen molar-refractivity contribution in [2.75, 3.05) is 12.3 Å². The van der Waals surface area contributed by atoms with E-state index in [1.807, 2.05) is 11.8 Å². The van der Waals surface area contributed by atoms with Gasteiger partial charge in [0.25, 0.3) is 0 Å². The van der Waals surface area contributed by atoms with E-state index in [9.17, 15) is 0 Å². The first-order chi connectivity index (χ1) is 4.84. The van der Waals surface area contributed by atoms with Crippen molar-refractivity contribution in [1.29, 1.82) is 0 Å². The van der Waals surface area contributed by atoms with Crippen LogP contribution in [-0.4, -0.2) is 23.0 Å². The second-order valence-electron chi connectivity index (χ2n) is 2.55. The molecule has 0 aliphatic carbocycles. The Labute approximate surface area is 71.9 Å². The van der Waals surface area contributed by atoms with Crippen molar-refractivity contribution in [1.82, 2.24) is 5.32 Å². The van der Waals surface area contributed by atoms with Crippen LogP contribution in [0.3, 0.4) is 0 Å². The van der Waals surface area contributed by atoms with Crippen molar-refractivity contribution in [3.05, 3.63) is 0 Å². The summed E-state index contributed by atoms with van der Waals surface area (Å²) < 4.78 is 0. The summed E-state index contributed by atoms with van der Waals surface area (Å²) in [6.07, 6.45) is 2.32. The second kappa shape index (κ2) is 4.47. The Morgan fingerprint density at radius 1 is 1.80 bits per heavy atom. The molecule has 0 radical (unpaired) electrons. The van der Waals surface area contributed by atoms with Crippen LogP contribution in [0.5, 0.6) is 0 Å². The third kappa shape index (κ3) is 2.33. The second-order valence-corrected chi connectivity index (χ2v) is 4.36. The molecule has 0 aromatic rings. The molecule has 1 fully saturated rings. The largest absolute Gasteiger partial charge is 0.303 e. The lowest BCUT2D eigenvalue weighted by Gasteiger charge is -2.14. The molecule has 1 N–H and O–H groups in total. The molecule has 10 heavy (non-hydrogen) atoms. The van der Waals surface area contributed by atoms with Crippen LogP contribution >= 0.6 is 23.4 Å². The fourth-order valence-electron chi connectivity index (χ4n) is 1.11. The highest BCUT2D eigenvalue weighted by atomic mass is 35.5. The maximum absolute atomic E-state index is 6.10. The monoisotopic (exact) mass is 179 g/mol. The molecule has 1 heterocycles. The molecular formula is C7H14ClNS. The average molecular weight is 180 g/mol. The van der Waals surface area contributed by atoms with E-state index in [-0.39, 0.29) is 0 Å². The van der Waals surface area contributed by atoms with E-state index < -0.39 is 0 Å². The van der Waals surface area contributed by atoms with Gasteiger partial charge in [-0.3, -0.25) is 0 Å². The maximum atomic E-state index is 6.10. The molecule has 0 saturated carbocycles. The minimum Gasteiger partial charge on any atom is -0.303 e. The molecule has 0 amide bonds. The number of nitrogens with one attached hydrogen (secondary N) is 1. The highest BCUT2D eigenvalue weighted by Gasteiger charge is 2.21. The first-order valence-corrected chi connectivity index (χ1v) is 5.32. The average Bonchev–Trinajstić information content (AvgIpc) is 2.38. The zero-order valence-electron chi connectivity index (χ0n) is 6.27. The molecule has 2 unspecified atom stereocenters. The predicted octanol–water partition coefficient (Wildman–Crippen LogP) is 2.06. The summed E-state index contributed by atoms with van der Waals surface area (Å²) >= 11 is 8.05. The number of hydrogen-bond donors (Lipinski definition) is 1. The lowest BCUT2D eigenvalue weighted by Crippen LogP contribution is -2.28. The van der Waals surface area contributed by atoms with Crippen LogP contribution in [0.2, 0.25) is 0 Å². The minimum atomic E-state index is 0.331. The fraction of sp³-hybridized carbons (Fsp3) is 1.00. The van der Waals surface area contributed by atoms with Crippen LogP contribution in [-0.2, 0) is 0 Å². The van der Waals surface area contributed by atoms with Crippen LogP contribution in [0.15, 0.2) is 0 Å². The zero-order valence-corrected chi connectivity index (χ0v) is 7.84. The molecule has 1 nitrogen and oxygen atoms in total. The molecule has 3 heteroatoms. The van der Waals surface area contributed by atoms with E-state index >= 15 is 0 Å². The molecule has 0 bridgehead atoms. The summed E-state index contributed by atoms with van der Waals surface area (Å²) in [5.41, 5.74) is 0. The van der Waals surface area contributed by atoms with E-state index in [0.717, 1.165) is 13.0 Å². The van der Waals surface area contributed by atoms with Crippen LogP contribution in [0.25, 0.3) is 0 Å². The Morgan fingerprint density at radius 2 is 2.60 bits per heavy atom. The van der Waals surface area contributed by atoms with Crippen LogP contribution in [0.4, 0.5) is 0 Å². The number of hydrogen-bond acceptors (Lipinski definition) is 2. The van der Waals surface area contributed by atoms with Crippen molar-refractivity contribution < 1.29 is 0 Å². The Balaban J connectivity index is 2.18. The van der Waals surface area contributed by atoms with Gasteiger partial charge in [-0.25, -0.2) is 0 Å². The molecule has 60 valence electrons. The van der Waals surface area contributed by atoms with Crippen molar-refractivity contribution in [3.8, 4) is 0 Å².